The van der Waals surface area contributed by atoms with Crippen molar-refractivity contribution >= 4 is 28.6 Å². The Morgan fingerprint density at radius 3 is 1.70 bits per heavy atom. The van der Waals surface area contributed by atoms with Gasteiger partial charge in [-0.3, -0.25) is 0 Å². The zero-order valence-electron chi connectivity index (χ0n) is 20.0. The van der Waals surface area contributed by atoms with Crippen molar-refractivity contribution < 1.29 is 24.1 Å². The number of aromatic nitrogens is 2. The molecule has 1 aliphatic rings. The van der Waals surface area contributed by atoms with Crippen LogP contribution in [0.3, 0.4) is 0 Å². The van der Waals surface area contributed by atoms with E-state index in [4.69, 9.17) is 14.2 Å². The lowest BCUT2D eigenvalue weighted by Gasteiger charge is -2.41. The lowest BCUT2D eigenvalue weighted by molar-refractivity contribution is -0.191. The van der Waals surface area contributed by atoms with Gasteiger partial charge in [-0.1, -0.05) is 91.0 Å². The van der Waals surface area contributed by atoms with Crippen molar-refractivity contribution in [1.82, 2.24) is 9.55 Å². The Morgan fingerprint density at radius 2 is 1.22 bits per heavy atom. The van der Waals surface area contributed by atoms with E-state index in [1.807, 2.05) is 91.0 Å². The standard InChI is InChI=1S/C29H27IN2O5/c30-23-16-32-24(29(33)34)25(35-17-20-10-4-1-5-11-20)26(36-18-21-12-6-2-7-13-21)27(28(32)31-23)37-19-22-14-8-3-9-15-22/h1-16,24-27H,17-19H2,(H,33,34)/t24-,25+,26-,27+/m0/s1. The van der Waals surface area contributed by atoms with Gasteiger partial charge in [0.05, 0.1) is 19.8 Å². The Balaban J connectivity index is 1.51. The van der Waals surface area contributed by atoms with E-state index in [0.717, 1.165) is 16.7 Å². The summed E-state index contributed by atoms with van der Waals surface area (Å²) in [5.41, 5.74) is 2.92. The molecule has 0 aliphatic carbocycles. The molecule has 190 valence electrons. The zero-order chi connectivity index (χ0) is 25.6. The predicted molar refractivity (Wildman–Crippen MR) is 146 cm³/mol. The van der Waals surface area contributed by atoms with Gasteiger partial charge >= 0.3 is 5.97 Å². The molecular formula is C29H27IN2O5. The largest absolute Gasteiger partial charge is 0.480 e. The van der Waals surface area contributed by atoms with E-state index >= 15 is 0 Å². The van der Waals surface area contributed by atoms with Crippen molar-refractivity contribution in [3.05, 3.63) is 123 Å². The molecule has 1 aromatic heterocycles. The third kappa shape index (κ3) is 6.10. The number of carboxylic acid groups (broad SMARTS) is 1. The number of benzene rings is 3. The van der Waals surface area contributed by atoms with Gasteiger partial charge in [-0.25, -0.2) is 9.78 Å². The van der Waals surface area contributed by atoms with E-state index in [2.05, 4.69) is 27.6 Å². The molecule has 0 saturated heterocycles. The van der Waals surface area contributed by atoms with E-state index < -0.39 is 30.3 Å². The zero-order valence-corrected chi connectivity index (χ0v) is 22.2. The molecule has 0 spiro atoms. The summed E-state index contributed by atoms with van der Waals surface area (Å²) in [7, 11) is 0. The highest BCUT2D eigenvalue weighted by molar-refractivity contribution is 14.1. The summed E-state index contributed by atoms with van der Waals surface area (Å²) in [6, 6.07) is 28.3. The Morgan fingerprint density at radius 1 is 0.757 bits per heavy atom. The number of hydrogen-bond donors (Lipinski definition) is 1. The first-order chi connectivity index (χ1) is 18.1. The molecule has 5 rings (SSSR count). The molecule has 8 heteroatoms. The van der Waals surface area contributed by atoms with Crippen molar-refractivity contribution in [1.29, 1.82) is 0 Å². The SMILES string of the molecule is O=C(O)[C@@H]1[C@@H](OCc2ccccc2)[C@H](OCc2ccccc2)[C@@H](OCc2ccccc2)c2nc(I)cn21. The molecule has 0 fully saturated rings. The second kappa shape index (κ2) is 12.0. The molecule has 0 bridgehead atoms. The quantitative estimate of drug-likeness (QED) is 0.237. The van der Waals surface area contributed by atoms with Crippen LogP contribution in [0.15, 0.2) is 97.2 Å². The van der Waals surface area contributed by atoms with Crippen LogP contribution in [-0.2, 0) is 38.8 Å². The number of aliphatic carboxylic acids is 1. The normalized spacial score (nSPS) is 20.9. The van der Waals surface area contributed by atoms with Crippen LogP contribution in [0.2, 0.25) is 0 Å². The second-order valence-electron chi connectivity index (χ2n) is 8.85. The van der Waals surface area contributed by atoms with E-state index in [9.17, 15) is 9.90 Å². The predicted octanol–water partition coefficient (Wildman–Crippen LogP) is 5.56. The van der Waals surface area contributed by atoms with Crippen LogP contribution in [0.5, 0.6) is 0 Å². The van der Waals surface area contributed by atoms with Crippen LogP contribution in [0.1, 0.15) is 34.7 Å². The smallest absolute Gasteiger partial charge is 0.329 e. The van der Waals surface area contributed by atoms with Crippen LogP contribution in [0.4, 0.5) is 0 Å². The molecule has 0 saturated carbocycles. The molecule has 1 aliphatic heterocycles. The van der Waals surface area contributed by atoms with Crippen LogP contribution in [0, 0.1) is 3.70 Å². The molecule has 4 atom stereocenters. The molecule has 0 radical (unpaired) electrons. The minimum atomic E-state index is -1.02. The summed E-state index contributed by atoms with van der Waals surface area (Å²) in [5.74, 6) is -0.492. The van der Waals surface area contributed by atoms with Crippen LogP contribution in [0.25, 0.3) is 0 Å². The number of ether oxygens (including phenoxy) is 3. The van der Waals surface area contributed by atoms with Crippen LogP contribution < -0.4 is 0 Å². The summed E-state index contributed by atoms with van der Waals surface area (Å²) < 4.78 is 21.6. The lowest BCUT2D eigenvalue weighted by atomic mass is 9.94. The minimum Gasteiger partial charge on any atom is -0.480 e. The molecule has 37 heavy (non-hydrogen) atoms. The number of halogens is 1. The van der Waals surface area contributed by atoms with Crippen molar-refractivity contribution in [3.8, 4) is 0 Å². The van der Waals surface area contributed by atoms with E-state index in [0.29, 0.717) is 16.1 Å². The van der Waals surface area contributed by atoms with Crippen molar-refractivity contribution in [3.63, 3.8) is 0 Å². The molecule has 0 amide bonds. The summed E-state index contributed by atoms with van der Waals surface area (Å²) >= 11 is 2.10. The molecule has 1 N–H and O–H groups in total. The first-order valence-corrected chi connectivity index (χ1v) is 13.1. The second-order valence-corrected chi connectivity index (χ2v) is 9.96. The summed E-state index contributed by atoms with van der Waals surface area (Å²) in [6.45, 7) is 0.850. The van der Waals surface area contributed by atoms with Crippen molar-refractivity contribution in [2.75, 3.05) is 0 Å². The number of rotatable bonds is 10. The number of nitrogens with zero attached hydrogens (tertiary/aromatic N) is 2. The first kappa shape index (κ1) is 25.6. The van der Waals surface area contributed by atoms with Crippen LogP contribution >= 0.6 is 22.6 Å². The van der Waals surface area contributed by atoms with Gasteiger partial charge in [-0.2, -0.15) is 0 Å². The fourth-order valence-corrected chi connectivity index (χ4v) is 5.11. The van der Waals surface area contributed by atoms with Gasteiger partial charge in [0.25, 0.3) is 0 Å². The van der Waals surface area contributed by atoms with E-state index in [1.54, 1.807) is 10.8 Å². The van der Waals surface area contributed by atoms with Gasteiger partial charge in [-0.05, 0) is 39.3 Å². The average Bonchev–Trinajstić information content (AvgIpc) is 3.31. The van der Waals surface area contributed by atoms with Gasteiger partial charge in [0.1, 0.15) is 27.8 Å². The Bertz CT molecular complexity index is 1300. The maximum Gasteiger partial charge on any atom is 0.329 e. The first-order valence-electron chi connectivity index (χ1n) is 12.0. The molecule has 2 heterocycles. The van der Waals surface area contributed by atoms with Crippen molar-refractivity contribution in [2.24, 2.45) is 0 Å². The maximum atomic E-state index is 12.6. The van der Waals surface area contributed by atoms with E-state index in [1.165, 1.54) is 0 Å². The van der Waals surface area contributed by atoms with Crippen molar-refractivity contribution in [2.45, 2.75) is 44.2 Å². The number of carbonyl (C=O) groups is 1. The molecule has 4 aromatic rings. The maximum absolute atomic E-state index is 12.6. The lowest BCUT2D eigenvalue weighted by Crippen LogP contribution is -2.51. The summed E-state index contributed by atoms with van der Waals surface area (Å²) in [6.07, 6.45) is -0.428. The van der Waals surface area contributed by atoms with Gasteiger partial charge in [0.2, 0.25) is 0 Å². The van der Waals surface area contributed by atoms with Gasteiger partial charge in [0, 0.05) is 6.20 Å². The minimum absolute atomic E-state index is 0.243. The third-order valence-electron chi connectivity index (χ3n) is 6.32. The fraction of sp³-hybridized carbons (Fsp3) is 0.241. The summed E-state index contributed by atoms with van der Waals surface area (Å²) in [4.78, 5) is 17.3. The Kier molecular flexibility index (Phi) is 8.30. The highest BCUT2D eigenvalue weighted by Crippen LogP contribution is 2.40. The monoisotopic (exact) mass is 610 g/mol. The average molecular weight is 610 g/mol. The topological polar surface area (TPSA) is 82.8 Å². The van der Waals surface area contributed by atoms with Gasteiger partial charge in [0.15, 0.2) is 6.04 Å². The molecule has 7 nitrogen and oxygen atoms in total. The Labute approximate surface area is 229 Å². The highest BCUT2D eigenvalue weighted by atomic mass is 127. The number of fused-ring (bicyclic) bond motifs is 1. The number of hydrogen-bond acceptors (Lipinski definition) is 5. The molecular weight excluding hydrogens is 583 g/mol. The third-order valence-corrected chi connectivity index (χ3v) is 6.83. The van der Waals surface area contributed by atoms with Crippen LogP contribution in [-0.4, -0.2) is 32.8 Å². The molecule has 3 aromatic carbocycles. The Hall–Kier alpha value is -3.05. The highest BCUT2D eigenvalue weighted by Gasteiger charge is 2.49. The number of imidazole rings is 1. The summed E-state index contributed by atoms with van der Waals surface area (Å²) in [5, 5.41) is 10.3. The van der Waals surface area contributed by atoms with Gasteiger partial charge in [-0.15, -0.1) is 0 Å². The molecule has 0 unspecified atom stereocenters. The van der Waals surface area contributed by atoms with Gasteiger partial charge < -0.3 is 23.9 Å². The number of carboxylic acids is 1. The fourth-order valence-electron chi connectivity index (χ4n) is 4.56. The van der Waals surface area contributed by atoms with E-state index in [-0.39, 0.29) is 13.2 Å².